The molecule has 0 saturated carbocycles. The highest BCUT2D eigenvalue weighted by atomic mass is 35.5. The van der Waals surface area contributed by atoms with Crippen LogP contribution in [-0.4, -0.2) is 51.7 Å². The second-order valence-corrected chi connectivity index (χ2v) is 9.45. The zero-order chi connectivity index (χ0) is 27.1. The summed E-state index contributed by atoms with van der Waals surface area (Å²) in [6, 6.07) is 16.9. The number of amides is 1. The summed E-state index contributed by atoms with van der Waals surface area (Å²) < 4.78 is 41.8. The number of hydrogen-bond acceptors (Lipinski definition) is 6. The topological polar surface area (TPSA) is 75.4 Å². The highest BCUT2D eigenvalue weighted by Crippen LogP contribution is 2.34. The molecule has 13 heteroatoms. The predicted octanol–water partition coefficient (Wildman–Crippen LogP) is 6.06. The normalized spacial score (nSPS) is 11.7. The highest BCUT2D eigenvalue weighted by Gasteiger charge is 2.37. The molecule has 1 N–H and O–H groups in total. The minimum atomic E-state index is -4.67. The summed E-state index contributed by atoms with van der Waals surface area (Å²) in [6.07, 6.45) is -3.22. The van der Waals surface area contributed by atoms with Gasteiger partial charge in [0.15, 0.2) is 5.69 Å². The molecule has 0 spiro atoms. The van der Waals surface area contributed by atoms with Gasteiger partial charge in [-0.1, -0.05) is 42.5 Å². The quantitative estimate of drug-likeness (QED) is 0.140. The first-order valence-corrected chi connectivity index (χ1v) is 13.2. The number of nitrogens with zero attached hydrogens (tertiary/aromatic N) is 5. The molecule has 0 atom stereocenters. The van der Waals surface area contributed by atoms with E-state index in [-0.39, 0.29) is 16.5 Å². The Hall–Kier alpha value is -3.41. The van der Waals surface area contributed by atoms with Crippen LogP contribution < -0.4 is 10.3 Å². The fourth-order valence-corrected chi connectivity index (χ4v) is 4.69. The van der Waals surface area contributed by atoms with Gasteiger partial charge in [-0.25, -0.2) is 15.1 Å². The first kappa shape index (κ1) is 27.6. The molecule has 0 fully saturated rings. The van der Waals surface area contributed by atoms with E-state index in [0.717, 1.165) is 28.7 Å². The molecule has 2 aromatic carbocycles. The number of thiazole rings is 1. The number of alkyl halides is 5. The maximum Gasteiger partial charge on any atom is 0.433 e. The molecule has 0 bridgehead atoms. The van der Waals surface area contributed by atoms with Crippen molar-refractivity contribution in [3.05, 3.63) is 83.0 Å². The van der Waals surface area contributed by atoms with Crippen molar-refractivity contribution >= 4 is 52.3 Å². The van der Waals surface area contributed by atoms with Gasteiger partial charge >= 0.3 is 6.18 Å². The zero-order valence-corrected chi connectivity index (χ0v) is 22.0. The van der Waals surface area contributed by atoms with E-state index in [0.29, 0.717) is 35.1 Å². The third kappa shape index (κ3) is 6.72. The average molecular weight is 581 g/mol. The summed E-state index contributed by atoms with van der Waals surface area (Å²) in [5.41, 5.74) is 3.62. The highest BCUT2D eigenvalue weighted by molar-refractivity contribution is 7.12. The molecule has 0 radical (unpaired) electrons. The molecule has 0 saturated heterocycles. The van der Waals surface area contributed by atoms with Gasteiger partial charge in [-0.3, -0.25) is 4.79 Å². The van der Waals surface area contributed by atoms with Crippen LogP contribution >= 0.6 is 34.5 Å². The van der Waals surface area contributed by atoms with Crippen LogP contribution in [0.2, 0.25) is 0 Å². The van der Waals surface area contributed by atoms with Crippen molar-refractivity contribution in [1.29, 1.82) is 0 Å². The van der Waals surface area contributed by atoms with Gasteiger partial charge in [-0.05, 0) is 23.8 Å². The average Bonchev–Trinajstić information content (AvgIpc) is 3.58. The lowest BCUT2D eigenvalue weighted by molar-refractivity contribution is -0.142. The monoisotopic (exact) mass is 580 g/mol. The number of carbonyl (C=O) groups is 1. The number of anilines is 1. The van der Waals surface area contributed by atoms with Crippen LogP contribution in [0.1, 0.15) is 21.7 Å². The van der Waals surface area contributed by atoms with E-state index in [9.17, 15) is 18.0 Å². The van der Waals surface area contributed by atoms with E-state index in [4.69, 9.17) is 23.2 Å². The van der Waals surface area contributed by atoms with Crippen LogP contribution in [0.4, 0.5) is 18.9 Å². The van der Waals surface area contributed by atoms with Gasteiger partial charge in [-0.15, -0.1) is 34.5 Å². The van der Waals surface area contributed by atoms with Crippen molar-refractivity contribution in [3.63, 3.8) is 0 Å². The fraction of sp³-hybridized carbons (Fsp3) is 0.200. The van der Waals surface area contributed by atoms with E-state index in [1.807, 2.05) is 24.3 Å². The number of benzene rings is 2. The van der Waals surface area contributed by atoms with Crippen LogP contribution in [0.25, 0.3) is 16.4 Å². The van der Waals surface area contributed by atoms with E-state index in [1.165, 1.54) is 11.6 Å². The van der Waals surface area contributed by atoms with E-state index in [2.05, 4.69) is 25.5 Å². The lowest BCUT2D eigenvalue weighted by Gasteiger charge is -2.22. The van der Waals surface area contributed by atoms with Crippen LogP contribution in [0.3, 0.4) is 0 Å². The number of hydrazone groups is 1. The standard InChI is InChI=1S/C25H21Cl2F3N6OS/c26-10-12-35(13-11-27)19-8-6-17(7-9-19)15-31-33-23(37)21-16-38-24(32-21)36-22(25(28,29)30)14-20(34-36)18-4-2-1-3-5-18/h1-9,14-16H,10-13H2,(H,33,37). The minimum absolute atomic E-state index is 0.0832. The van der Waals surface area contributed by atoms with Gasteiger partial charge in [0.25, 0.3) is 5.91 Å². The van der Waals surface area contributed by atoms with Crippen LogP contribution in [0, 0.1) is 0 Å². The van der Waals surface area contributed by atoms with Crippen LogP contribution in [0.15, 0.2) is 71.1 Å². The number of aromatic nitrogens is 3. The molecule has 0 aliphatic heterocycles. The molecular weight excluding hydrogens is 560 g/mol. The van der Waals surface area contributed by atoms with Crippen molar-refractivity contribution in [1.82, 2.24) is 20.2 Å². The first-order chi connectivity index (χ1) is 18.3. The van der Waals surface area contributed by atoms with Crippen molar-refractivity contribution in [2.45, 2.75) is 6.18 Å². The van der Waals surface area contributed by atoms with E-state index in [1.54, 1.807) is 30.3 Å². The largest absolute Gasteiger partial charge is 0.433 e. The molecular formula is C25H21Cl2F3N6OS. The summed E-state index contributed by atoms with van der Waals surface area (Å²) in [4.78, 5) is 18.6. The van der Waals surface area contributed by atoms with Gasteiger partial charge in [0, 0.05) is 41.5 Å². The molecule has 0 aliphatic rings. The Labute approximate surface area is 230 Å². The molecule has 0 unspecified atom stereocenters. The Balaban J connectivity index is 1.46. The summed E-state index contributed by atoms with van der Waals surface area (Å²) in [5, 5.41) is 9.28. The first-order valence-electron chi connectivity index (χ1n) is 11.3. The molecule has 1 amide bonds. The summed E-state index contributed by atoms with van der Waals surface area (Å²) in [6.45, 7) is 1.31. The molecule has 0 aliphatic carbocycles. The fourth-order valence-electron chi connectivity index (χ4n) is 3.51. The molecule has 198 valence electrons. The number of halogens is 5. The Morgan fingerprint density at radius 2 is 1.76 bits per heavy atom. The maximum absolute atomic E-state index is 13.7. The Bertz CT molecular complexity index is 1380. The third-order valence-electron chi connectivity index (χ3n) is 5.32. The van der Waals surface area contributed by atoms with Crippen molar-refractivity contribution < 1.29 is 18.0 Å². The Morgan fingerprint density at radius 3 is 2.39 bits per heavy atom. The van der Waals surface area contributed by atoms with Crippen molar-refractivity contribution in [2.24, 2.45) is 5.10 Å². The smallest absolute Gasteiger partial charge is 0.369 e. The van der Waals surface area contributed by atoms with Gasteiger partial charge in [0.1, 0.15) is 5.69 Å². The second kappa shape index (κ2) is 12.4. The second-order valence-electron chi connectivity index (χ2n) is 7.86. The lowest BCUT2D eigenvalue weighted by Crippen LogP contribution is -2.27. The zero-order valence-electron chi connectivity index (χ0n) is 19.7. The molecule has 38 heavy (non-hydrogen) atoms. The van der Waals surface area contributed by atoms with Crippen molar-refractivity contribution in [3.8, 4) is 16.4 Å². The minimum Gasteiger partial charge on any atom is -0.369 e. The van der Waals surface area contributed by atoms with E-state index >= 15 is 0 Å². The number of carbonyl (C=O) groups excluding carboxylic acids is 1. The summed E-state index contributed by atoms with van der Waals surface area (Å²) >= 11 is 12.6. The third-order valence-corrected chi connectivity index (χ3v) is 6.48. The number of hydrogen-bond donors (Lipinski definition) is 1. The molecule has 4 aromatic rings. The lowest BCUT2D eigenvalue weighted by atomic mass is 10.1. The van der Waals surface area contributed by atoms with Gasteiger partial charge < -0.3 is 4.90 Å². The SMILES string of the molecule is O=C(NN=Cc1ccc(N(CCCl)CCCl)cc1)c1csc(-n2nc(-c3ccccc3)cc2C(F)(F)F)n1. The van der Waals surface area contributed by atoms with Crippen LogP contribution in [0.5, 0.6) is 0 Å². The predicted molar refractivity (Wildman–Crippen MR) is 145 cm³/mol. The van der Waals surface area contributed by atoms with Crippen molar-refractivity contribution in [2.75, 3.05) is 29.7 Å². The molecule has 4 rings (SSSR count). The van der Waals surface area contributed by atoms with Gasteiger partial charge in [-0.2, -0.15) is 23.4 Å². The molecule has 2 heterocycles. The Kier molecular flexibility index (Phi) is 9.03. The summed E-state index contributed by atoms with van der Waals surface area (Å²) in [5.74, 6) is 0.271. The number of rotatable bonds is 10. The number of nitrogens with one attached hydrogen (secondary N) is 1. The van der Waals surface area contributed by atoms with E-state index < -0.39 is 17.8 Å². The van der Waals surface area contributed by atoms with Gasteiger partial charge in [0.2, 0.25) is 5.13 Å². The maximum atomic E-state index is 13.7. The summed E-state index contributed by atoms with van der Waals surface area (Å²) in [7, 11) is 0. The van der Waals surface area contributed by atoms with Gasteiger partial charge in [0.05, 0.1) is 11.9 Å². The molecule has 2 aromatic heterocycles. The molecule has 7 nitrogen and oxygen atoms in total. The van der Waals surface area contributed by atoms with Crippen LogP contribution in [-0.2, 0) is 6.18 Å². The Morgan fingerprint density at radius 1 is 1.08 bits per heavy atom.